The van der Waals surface area contributed by atoms with Crippen molar-refractivity contribution in [2.24, 2.45) is 0 Å². The van der Waals surface area contributed by atoms with E-state index in [1.54, 1.807) is 0 Å². The van der Waals surface area contributed by atoms with E-state index in [1.807, 2.05) is 0 Å². The predicted molar refractivity (Wildman–Crippen MR) is 50.3 cm³/mol. The molecule has 0 nitrogen and oxygen atoms in total. The van der Waals surface area contributed by atoms with Gasteiger partial charge in [0.25, 0.3) is 0 Å². The number of hydrogen-bond donors (Lipinski definition) is 0. The summed E-state index contributed by atoms with van der Waals surface area (Å²) in [7, 11) is 0. The standard InChI is InChI=1S/C6Cl5.Li/c7-2-1-3(8)5(10)6(11)4(2)9;/q-1;+1. The average Bonchev–Trinajstić information content (AvgIpc) is 1.97. The van der Waals surface area contributed by atoms with Crippen LogP contribution in [0.25, 0.3) is 0 Å². The smallest absolute Gasteiger partial charge is 0.164 e. The van der Waals surface area contributed by atoms with Crippen LogP contribution in [0.2, 0.25) is 25.1 Å². The Hall–Kier alpha value is 1.27. The quantitative estimate of drug-likeness (QED) is 0.287. The van der Waals surface area contributed by atoms with E-state index in [0.29, 0.717) is 0 Å². The summed E-state index contributed by atoms with van der Waals surface area (Å²) in [6.45, 7) is 0. The van der Waals surface area contributed by atoms with Crippen LogP contribution < -0.4 is 18.9 Å². The molecule has 0 saturated heterocycles. The van der Waals surface area contributed by atoms with Crippen LogP contribution in [0, 0.1) is 6.07 Å². The van der Waals surface area contributed by atoms with Crippen molar-refractivity contribution in [3.8, 4) is 0 Å². The Kier molecular flexibility index (Phi) is 5.77. The molecule has 0 fully saturated rings. The molecule has 1 aromatic carbocycles. The molecule has 0 aromatic heterocycles. The molecule has 0 N–H and O–H groups in total. The van der Waals surface area contributed by atoms with Gasteiger partial charge >= 0.3 is 18.9 Å². The fourth-order valence-electron chi connectivity index (χ4n) is 0.495. The SMILES string of the molecule is Clc1[c-]c(Cl)c(Cl)c(Cl)c1Cl.[Li+]. The van der Waals surface area contributed by atoms with E-state index in [9.17, 15) is 0 Å². The number of rotatable bonds is 0. The van der Waals surface area contributed by atoms with Gasteiger partial charge in [-0.15, -0.1) is 40.9 Å². The third kappa shape index (κ3) is 2.63. The Morgan fingerprint density at radius 2 is 1.00 bits per heavy atom. The first-order valence-electron chi connectivity index (χ1n) is 2.44. The Morgan fingerprint density at radius 1 is 0.667 bits per heavy atom. The van der Waals surface area contributed by atoms with Crippen LogP contribution in [0.15, 0.2) is 0 Å². The third-order valence-corrected chi connectivity index (χ3v) is 3.08. The van der Waals surface area contributed by atoms with Crippen LogP contribution in [-0.4, -0.2) is 0 Å². The zero-order valence-electron chi connectivity index (χ0n) is 5.89. The first-order valence-corrected chi connectivity index (χ1v) is 4.33. The minimum absolute atomic E-state index is 0. The molecule has 0 unspecified atom stereocenters. The molecule has 0 heterocycles. The maximum atomic E-state index is 5.64. The maximum Gasteiger partial charge on any atom is 1.00 e. The molecule has 12 heavy (non-hydrogen) atoms. The minimum atomic E-state index is 0. The number of hydrogen-bond acceptors (Lipinski definition) is 0. The van der Waals surface area contributed by atoms with Gasteiger partial charge in [0.15, 0.2) is 0 Å². The molecule has 0 aliphatic heterocycles. The van der Waals surface area contributed by atoms with Crippen molar-refractivity contribution in [3.63, 3.8) is 0 Å². The molecule has 1 aromatic rings. The second-order valence-corrected chi connectivity index (χ2v) is 3.58. The summed E-state index contributed by atoms with van der Waals surface area (Å²) in [5.74, 6) is 0. The molecule has 60 valence electrons. The minimum Gasteiger partial charge on any atom is -0.164 e. The van der Waals surface area contributed by atoms with Crippen molar-refractivity contribution < 1.29 is 18.9 Å². The normalized spacial score (nSPS) is 9.42. The summed E-state index contributed by atoms with van der Waals surface area (Å²) in [6.07, 6.45) is 0. The largest absolute Gasteiger partial charge is 1.00 e. The molecule has 0 saturated carbocycles. The van der Waals surface area contributed by atoms with Crippen molar-refractivity contribution >= 4 is 58.0 Å². The predicted octanol–water partition coefficient (Wildman–Crippen LogP) is 1.76. The maximum absolute atomic E-state index is 5.64. The van der Waals surface area contributed by atoms with E-state index in [-0.39, 0.29) is 44.0 Å². The first kappa shape index (κ1) is 13.3. The molecule has 0 aliphatic carbocycles. The molecule has 0 bridgehead atoms. The molecule has 1 rings (SSSR count). The monoisotopic (exact) mass is 254 g/mol. The van der Waals surface area contributed by atoms with Gasteiger partial charge in [0.2, 0.25) is 0 Å². The van der Waals surface area contributed by atoms with E-state index < -0.39 is 0 Å². The molecule has 0 radical (unpaired) electrons. The Labute approximate surface area is 107 Å². The second-order valence-electron chi connectivity index (χ2n) is 1.69. The van der Waals surface area contributed by atoms with Gasteiger partial charge in [-0.2, -0.15) is 23.2 Å². The average molecular weight is 256 g/mol. The Morgan fingerprint density at radius 3 is 1.33 bits per heavy atom. The second kappa shape index (κ2) is 5.22. The molecule has 6 heteroatoms. The fraction of sp³-hybridized carbons (Fsp3) is 0. The Bertz CT molecular complexity index is 272. The van der Waals surface area contributed by atoms with Crippen LogP contribution >= 0.6 is 58.0 Å². The van der Waals surface area contributed by atoms with Crippen molar-refractivity contribution in [2.45, 2.75) is 0 Å². The van der Waals surface area contributed by atoms with Gasteiger partial charge in [-0.05, 0) is 15.1 Å². The zero-order chi connectivity index (χ0) is 8.59. The first-order chi connectivity index (χ1) is 5.04. The van der Waals surface area contributed by atoms with E-state index in [4.69, 9.17) is 58.0 Å². The fourth-order valence-corrected chi connectivity index (χ4v) is 1.54. The summed E-state index contributed by atoms with van der Waals surface area (Å²) in [5, 5.41) is 0.838. The summed E-state index contributed by atoms with van der Waals surface area (Å²) in [5.41, 5.74) is 0. The third-order valence-electron chi connectivity index (χ3n) is 0.990. The molecular weight excluding hydrogens is 256 g/mol. The van der Waals surface area contributed by atoms with E-state index >= 15 is 0 Å². The van der Waals surface area contributed by atoms with Crippen molar-refractivity contribution in [1.29, 1.82) is 0 Å². The van der Waals surface area contributed by atoms with E-state index in [2.05, 4.69) is 6.07 Å². The van der Waals surface area contributed by atoms with Crippen molar-refractivity contribution in [3.05, 3.63) is 31.2 Å². The van der Waals surface area contributed by atoms with Gasteiger partial charge < -0.3 is 0 Å². The summed E-state index contributed by atoms with van der Waals surface area (Å²) < 4.78 is 0. The molecule has 0 spiro atoms. The topological polar surface area (TPSA) is 0 Å². The summed E-state index contributed by atoms with van der Waals surface area (Å²) >= 11 is 28.0. The summed E-state index contributed by atoms with van der Waals surface area (Å²) in [4.78, 5) is 0. The van der Waals surface area contributed by atoms with Crippen molar-refractivity contribution in [1.82, 2.24) is 0 Å². The number of halogens is 5. The van der Waals surface area contributed by atoms with Gasteiger partial charge in [-0.25, -0.2) is 0 Å². The van der Waals surface area contributed by atoms with Gasteiger partial charge in [0.1, 0.15) is 0 Å². The van der Waals surface area contributed by atoms with Crippen LogP contribution in [0.1, 0.15) is 0 Å². The number of benzene rings is 1. The van der Waals surface area contributed by atoms with Gasteiger partial charge in [0.05, 0.1) is 0 Å². The van der Waals surface area contributed by atoms with Crippen LogP contribution in [0.5, 0.6) is 0 Å². The zero-order valence-corrected chi connectivity index (χ0v) is 9.67. The van der Waals surface area contributed by atoms with Crippen LogP contribution in [0.3, 0.4) is 0 Å². The molecule has 0 aliphatic rings. The Balaban J connectivity index is 0.00000121. The summed E-state index contributed by atoms with van der Waals surface area (Å²) in [6, 6.07) is 2.53. The molecule has 0 amide bonds. The van der Waals surface area contributed by atoms with Crippen LogP contribution in [-0.2, 0) is 0 Å². The molecular formula is C6Cl5Li. The molecule has 0 atom stereocenters. The van der Waals surface area contributed by atoms with Gasteiger partial charge in [-0.1, -0.05) is 10.0 Å². The van der Waals surface area contributed by atoms with Crippen LogP contribution in [0.4, 0.5) is 0 Å². The van der Waals surface area contributed by atoms with Crippen molar-refractivity contribution in [2.75, 3.05) is 0 Å². The van der Waals surface area contributed by atoms with Gasteiger partial charge in [-0.3, -0.25) is 0 Å². The van der Waals surface area contributed by atoms with E-state index in [0.717, 1.165) is 0 Å². The van der Waals surface area contributed by atoms with E-state index in [1.165, 1.54) is 0 Å². The van der Waals surface area contributed by atoms with Gasteiger partial charge in [0, 0.05) is 0 Å².